The minimum Gasteiger partial charge on any atom is -0.349 e. The number of nitrogens with zero attached hydrogens (tertiary/aromatic N) is 1. The maximum absolute atomic E-state index is 13.6. The average molecular weight is 479 g/mol. The first kappa shape index (κ1) is 21.9. The third kappa shape index (κ3) is 4.33. The number of nitrogens with one attached hydrogen (secondary N) is 1. The maximum Gasteiger partial charge on any atom is 0.259 e. The Morgan fingerprint density at radius 1 is 1.00 bits per heavy atom. The number of rotatable bonds is 4. The Morgan fingerprint density at radius 3 is 2.48 bits per heavy atom. The number of anilines is 1. The van der Waals surface area contributed by atoms with E-state index in [1.54, 1.807) is 59.5 Å². The van der Waals surface area contributed by atoms with Crippen molar-refractivity contribution in [2.45, 2.75) is 48.1 Å². The Hall–Kier alpha value is -2.96. The highest BCUT2D eigenvalue weighted by Crippen LogP contribution is 2.36. The lowest BCUT2D eigenvalue weighted by Gasteiger charge is -2.24. The fraction of sp³-hybridized carbons (Fsp3) is 0.231. The molecule has 1 fully saturated rings. The molecule has 5 nitrogen and oxygen atoms in total. The van der Waals surface area contributed by atoms with Crippen LogP contribution in [0.3, 0.4) is 0 Å². The molecule has 1 aliphatic heterocycles. The molecule has 1 aliphatic carbocycles. The number of carbonyl (C=O) groups is 2. The normalized spacial score (nSPS) is 17.9. The summed E-state index contributed by atoms with van der Waals surface area (Å²) in [5.41, 5.74) is 2.23. The molecule has 3 aromatic rings. The molecule has 1 unspecified atom stereocenters. The Bertz CT molecular complexity index is 1250. The zero-order valence-corrected chi connectivity index (χ0v) is 19.5. The third-order valence-corrected chi connectivity index (χ3v) is 7.97. The van der Waals surface area contributed by atoms with Crippen molar-refractivity contribution in [3.05, 3.63) is 88.4 Å². The van der Waals surface area contributed by atoms with E-state index in [-0.39, 0.29) is 24.4 Å². The van der Waals surface area contributed by atoms with Crippen molar-refractivity contribution < 1.29 is 13.8 Å². The molecule has 2 aliphatic rings. The lowest BCUT2D eigenvalue weighted by Crippen LogP contribution is -2.33. The second kappa shape index (κ2) is 9.12. The Morgan fingerprint density at radius 2 is 1.73 bits per heavy atom. The van der Waals surface area contributed by atoms with Crippen molar-refractivity contribution in [3.63, 3.8) is 0 Å². The van der Waals surface area contributed by atoms with E-state index in [9.17, 15) is 13.8 Å². The molecule has 7 heteroatoms. The van der Waals surface area contributed by atoms with Crippen LogP contribution in [0.5, 0.6) is 0 Å². The van der Waals surface area contributed by atoms with Gasteiger partial charge in [0.2, 0.25) is 0 Å². The Labute approximate surface area is 200 Å². The Balaban J connectivity index is 1.58. The largest absolute Gasteiger partial charge is 0.349 e. The van der Waals surface area contributed by atoms with Crippen molar-refractivity contribution in [1.29, 1.82) is 0 Å². The minimum absolute atomic E-state index is 0.170. The molecule has 0 aromatic heterocycles. The van der Waals surface area contributed by atoms with E-state index >= 15 is 0 Å². The number of hydrogen-bond donors (Lipinski definition) is 1. The van der Waals surface area contributed by atoms with Crippen LogP contribution in [-0.4, -0.2) is 22.1 Å². The van der Waals surface area contributed by atoms with Crippen molar-refractivity contribution in [3.8, 4) is 0 Å². The first-order valence-electron chi connectivity index (χ1n) is 11.0. The summed E-state index contributed by atoms with van der Waals surface area (Å²) in [6, 6.07) is 19.5. The van der Waals surface area contributed by atoms with Crippen LogP contribution in [0.15, 0.2) is 76.5 Å². The van der Waals surface area contributed by atoms with Crippen LogP contribution in [0, 0.1) is 0 Å². The summed E-state index contributed by atoms with van der Waals surface area (Å²) in [6.45, 7) is 0.266. The van der Waals surface area contributed by atoms with Gasteiger partial charge in [0.1, 0.15) is 0 Å². The summed E-state index contributed by atoms with van der Waals surface area (Å²) in [5, 5.41) is 3.70. The molecule has 0 spiro atoms. The van der Waals surface area contributed by atoms with E-state index in [2.05, 4.69) is 5.32 Å². The molecule has 0 bridgehead atoms. The van der Waals surface area contributed by atoms with Crippen LogP contribution < -0.4 is 10.2 Å². The zero-order valence-electron chi connectivity index (χ0n) is 17.9. The van der Waals surface area contributed by atoms with Gasteiger partial charge >= 0.3 is 0 Å². The first-order chi connectivity index (χ1) is 16.0. The highest BCUT2D eigenvalue weighted by Gasteiger charge is 2.31. The van der Waals surface area contributed by atoms with E-state index in [4.69, 9.17) is 11.6 Å². The topological polar surface area (TPSA) is 66.5 Å². The fourth-order valence-corrected chi connectivity index (χ4v) is 5.94. The molecule has 0 radical (unpaired) electrons. The summed E-state index contributed by atoms with van der Waals surface area (Å²) >= 11 is 6.04. The highest BCUT2D eigenvalue weighted by atomic mass is 35.5. The van der Waals surface area contributed by atoms with Crippen molar-refractivity contribution in [2.24, 2.45) is 0 Å². The molecule has 3 aromatic carbocycles. The van der Waals surface area contributed by atoms with Gasteiger partial charge in [0, 0.05) is 16.6 Å². The number of fused-ring (bicyclic) bond motifs is 2. The maximum atomic E-state index is 13.6. The van der Waals surface area contributed by atoms with E-state index < -0.39 is 10.8 Å². The second-order valence-electron chi connectivity index (χ2n) is 8.42. The highest BCUT2D eigenvalue weighted by molar-refractivity contribution is 7.85. The third-order valence-electron chi connectivity index (χ3n) is 6.22. The van der Waals surface area contributed by atoms with Crippen LogP contribution in [0.1, 0.15) is 52.0 Å². The van der Waals surface area contributed by atoms with Gasteiger partial charge in [-0.25, -0.2) is 4.21 Å². The van der Waals surface area contributed by atoms with Gasteiger partial charge in [0.15, 0.2) is 0 Å². The van der Waals surface area contributed by atoms with E-state index in [1.807, 2.05) is 12.1 Å². The predicted octanol–water partition coefficient (Wildman–Crippen LogP) is 5.34. The van der Waals surface area contributed by atoms with Crippen LogP contribution >= 0.6 is 11.6 Å². The fourth-order valence-electron chi connectivity index (χ4n) is 4.47. The molecule has 33 heavy (non-hydrogen) atoms. The number of hydrogen-bond acceptors (Lipinski definition) is 3. The standard InChI is InChI=1S/C26H23ClN2O3S/c27-19-12-9-17(10-13-19)16-29-22-15-18(25(30)28-20-5-1-2-6-20)11-14-24(22)33(32)23-8-4-3-7-21(23)26(29)31/h3-4,7-15,20H,1-2,5-6,16H2,(H,28,30). The monoisotopic (exact) mass is 478 g/mol. The number of benzene rings is 3. The first-order valence-corrected chi connectivity index (χ1v) is 12.6. The molecule has 1 heterocycles. The lowest BCUT2D eigenvalue weighted by atomic mass is 10.1. The van der Waals surface area contributed by atoms with Gasteiger partial charge < -0.3 is 10.2 Å². The lowest BCUT2D eigenvalue weighted by molar-refractivity contribution is 0.0935. The van der Waals surface area contributed by atoms with E-state index in [0.29, 0.717) is 31.6 Å². The van der Waals surface area contributed by atoms with Gasteiger partial charge in [0.05, 0.1) is 38.4 Å². The van der Waals surface area contributed by atoms with E-state index in [1.165, 1.54) is 0 Å². The minimum atomic E-state index is -1.55. The summed E-state index contributed by atoms with van der Waals surface area (Å²) in [6.07, 6.45) is 4.21. The molecular formula is C26H23ClN2O3S. The molecule has 168 valence electrons. The number of halogens is 1. The molecular weight excluding hydrogens is 456 g/mol. The summed E-state index contributed by atoms with van der Waals surface area (Å²) in [5.74, 6) is -0.419. The molecule has 1 atom stereocenters. The second-order valence-corrected chi connectivity index (χ2v) is 10.3. The van der Waals surface area contributed by atoms with Gasteiger partial charge in [-0.05, 0) is 60.9 Å². The van der Waals surface area contributed by atoms with Gasteiger partial charge in [-0.15, -0.1) is 0 Å². The quantitative estimate of drug-likeness (QED) is 0.550. The summed E-state index contributed by atoms with van der Waals surface area (Å²) < 4.78 is 13.5. The van der Waals surface area contributed by atoms with Crippen molar-refractivity contribution in [2.75, 3.05) is 4.90 Å². The molecule has 5 rings (SSSR count). The average Bonchev–Trinajstić information content (AvgIpc) is 3.33. The smallest absolute Gasteiger partial charge is 0.259 e. The van der Waals surface area contributed by atoms with Crippen LogP contribution in [0.4, 0.5) is 5.69 Å². The molecule has 0 saturated heterocycles. The van der Waals surface area contributed by atoms with Crippen molar-refractivity contribution in [1.82, 2.24) is 5.32 Å². The molecule has 1 N–H and O–H groups in total. The Kier molecular flexibility index (Phi) is 6.04. The van der Waals surface area contributed by atoms with Crippen LogP contribution in [-0.2, 0) is 17.3 Å². The number of amides is 2. The summed E-state index contributed by atoms with van der Waals surface area (Å²) in [7, 11) is -1.55. The molecule has 1 saturated carbocycles. The summed E-state index contributed by atoms with van der Waals surface area (Å²) in [4.78, 5) is 29.2. The molecule has 2 amide bonds. The number of carbonyl (C=O) groups excluding carboxylic acids is 2. The van der Waals surface area contributed by atoms with Crippen molar-refractivity contribution >= 4 is 39.9 Å². The van der Waals surface area contributed by atoms with Gasteiger partial charge in [-0.1, -0.05) is 48.7 Å². The zero-order chi connectivity index (χ0) is 22.9. The van der Waals surface area contributed by atoms with Crippen LogP contribution in [0.25, 0.3) is 0 Å². The SMILES string of the molecule is O=C(NC1CCCC1)c1ccc2c(c1)N(Cc1ccc(Cl)cc1)C(=O)c1ccccc1S2=O. The van der Waals surface area contributed by atoms with Crippen LogP contribution in [0.2, 0.25) is 5.02 Å². The van der Waals surface area contributed by atoms with Gasteiger partial charge in [0.25, 0.3) is 11.8 Å². The predicted molar refractivity (Wildman–Crippen MR) is 129 cm³/mol. The van der Waals surface area contributed by atoms with E-state index in [0.717, 1.165) is 31.2 Å². The van der Waals surface area contributed by atoms with Gasteiger partial charge in [-0.3, -0.25) is 9.59 Å². The van der Waals surface area contributed by atoms with Gasteiger partial charge in [-0.2, -0.15) is 0 Å².